The highest BCUT2D eigenvalue weighted by atomic mass is 28.4. The molecule has 1 rings (SSSR count). The molecular formula is C12H22O2Si. The molecule has 1 aliphatic rings. The molecule has 0 bridgehead atoms. The fraction of sp³-hybridized carbons (Fsp3) is 0.750. The highest BCUT2D eigenvalue weighted by Crippen LogP contribution is 2.38. The fourth-order valence-electron chi connectivity index (χ4n) is 1.35. The Hall–Kier alpha value is -0.413. The van der Waals surface area contributed by atoms with Crippen molar-refractivity contribution in [2.24, 2.45) is 0 Å². The second kappa shape index (κ2) is 4.22. The van der Waals surface area contributed by atoms with Crippen LogP contribution in [0.15, 0.2) is 12.2 Å². The zero-order valence-electron chi connectivity index (χ0n) is 10.5. The van der Waals surface area contributed by atoms with Gasteiger partial charge in [-0.1, -0.05) is 26.8 Å². The molecule has 0 aromatic rings. The molecule has 0 spiro atoms. The topological polar surface area (TPSA) is 26.3 Å². The van der Waals surface area contributed by atoms with Gasteiger partial charge >= 0.3 is 0 Å². The van der Waals surface area contributed by atoms with Crippen LogP contribution in [-0.4, -0.2) is 20.2 Å². The quantitative estimate of drug-likeness (QED) is 0.675. The Labute approximate surface area is 93.8 Å². The molecule has 3 heteroatoms. The van der Waals surface area contributed by atoms with E-state index in [0.717, 1.165) is 12.8 Å². The summed E-state index contributed by atoms with van der Waals surface area (Å²) in [6, 6.07) is 0. The molecule has 0 radical (unpaired) electrons. The molecular weight excluding hydrogens is 204 g/mol. The zero-order chi connectivity index (χ0) is 11.7. The maximum absolute atomic E-state index is 11.6. The third-order valence-corrected chi connectivity index (χ3v) is 7.92. The van der Waals surface area contributed by atoms with Gasteiger partial charge in [0.2, 0.25) is 0 Å². The van der Waals surface area contributed by atoms with E-state index in [1.54, 1.807) is 6.08 Å². The van der Waals surface area contributed by atoms with Crippen molar-refractivity contribution in [3.8, 4) is 0 Å². The van der Waals surface area contributed by atoms with Crippen LogP contribution in [-0.2, 0) is 9.22 Å². The molecule has 0 aliphatic heterocycles. The fourth-order valence-corrected chi connectivity index (χ4v) is 2.64. The maximum Gasteiger partial charge on any atom is 0.193 e. The first kappa shape index (κ1) is 12.7. The molecule has 1 aliphatic carbocycles. The number of rotatable bonds is 2. The molecule has 0 saturated heterocycles. The third-order valence-electron chi connectivity index (χ3n) is 3.44. The lowest BCUT2D eigenvalue weighted by molar-refractivity contribution is -0.122. The van der Waals surface area contributed by atoms with Gasteiger partial charge in [0, 0.05) is 0 Å². The summed E-state index contributed by atoms with van der Waals surface area (Å²) in [7, 11) is -1.79. The molecule has 0 heterocycles. The highest BCUT2D eigenvalue weighted by molar-refractivity contribution is 6.74. The molecule has 86 valence electrons. The van der Waals surface area contributed by atoms with Crippen molar-refractivity contribution in [2.45, 2.75) is 57.8 Å². The molecule has 15 heavy (non-hydrogen) atoms. The first-order valence-electron chi connectivity index (χ1n) is 5.62. The molecule has 0 N–H and O–H groups in total. The van der Waals surface area contributed by atoms with Crippen LogP contribution in [0, 0.1) is 0 Å². The number of hydrogen-bond acceptors (Lipinski definition) is 2. The Balaban J connectivity index is 2.69. The van der Waals surface area contributed by atoms with Crippen molar-refractivity contribution < 1.29 is 9.22 Å². The Kier molecular flexibility index (Phi) is 3.56. The monoisotopic (exact) mass is 226 g/mol. The largest absolute Gasteiger partial charge is 0.407 e. The summed E-state index contributed by atoms with van der Waals surface area (Å²) in [6.45, 7) is 11.0. The number of hydrogen-bond donors (Lipinski definition) is 0. The van der Waals surface area contributed by atoms with E-state index in [0.29, 0.717) is 0 Å². The van der Waals surface area contributed by atoms with Crippen LogP contribution in [0.25, 0.3) is 0 Å². The number of carbonyl (C=O) groups is 1. The summed E-state index contributed by atoms with van der Waals surface area (Å²) < 4.78 is 6.09. The number of allylic oxidation sites excluding steroid dienone is 1. The lowest BCUT2D eigenvalue weighted by Crippen LogP contribution is -2.46. The predicted molar refractivity (Wildman–Crippen MR) is 65.5 cm³/mol. The van der Waals surface area contributed by atoms with Gasteiger partial charge in [0.15, 0.2) is 14.1 Å². The minimum atomic E-state index is -1.79. The van der Waals surface area contributed by atoms with Crippen molar-refractivity contribution in [1.29, 1.82) is 0 Å². The van der Waals surface area contributed by atoms with Gasteiger partial charge in [0.05, 0.1) is 0 Å². The third kappa shape index (κ3) is 3.02. The van der Waals surface area contributed by atoms with Gasteiger partial charge in [-0.15, -0.1) is 0 Å². The summed E-state index contributed by atoms with van der Waals surface area (Å²) in [5.74, 6) is 0.145. The summed E-state index contributed by atoms with van der Waals surface area (Å²) in [6.07, 6.45) is 5.23. The smallest absolute Gasteiger partial charge is 0.193 e. The Bertz CT molecular complexity index is 274. The Morgan fingerprint density at radius 1 is 1.40 bits per heavy atom. The van der Waals surface area contributed by atoms with E-state index in [-0.39, 0.29) is 16.9 Å². The zero-order valence-corrected chi connectivity index (χ0v) is 11.5. The first-order valence-corrected chi connectivity index (χ1v) is 8.53. The maximum atomic E-state index is 11.6. The lowest BCUT2D eigenvalue weighted by atomic mass is 10.0. The number of ketones is 1. The molecule has 0 saturated carbocycles. The van der Waals surface area contributed by atoms with E-state index in [1.165, 1.54) is 0 Å². The van der Waals surface area contributed by atoms with Crippen molar-refractivity contribution in [1.82, 2.24) is 0 Å². The second-order valence-corrected chi connectivity index (χ2v) is 10.5. The number of carbonyl (C=O) groups excluding carboxylic acids is 1. The molecule has 0 amide bonds. The standard InChI is InChI=1S/C12H22O2Si/c1-12(2,3)15(4,5)14-11-9-7-6-8-10(11)13/h6,8,11H,7,9H2,1-5H3. The van der Waals surface area contributed by atoms with Gasteiger partial charge in [0.25, 0.3) is 0 Å². The van der Waals surface area contributed by atoms with Crippen LogP contribution in [0.5, 0.6) is 0 Å². The van der Waals surface area contributed by atoms with Crippen molar-refractivity contribution >= 4 is 14.1 Å². The Morgan fingerprint density at radius 2 is 2.00 bits per heavy atom. The van der Waals surface area contributed by atoms with Gasteiger partial charge in [-0.3, -0.25) is 4.79 Å². The highest BCUT2D eigenvalue weighted by Gasteiger charge is 2.40. The minimum absolute atomic E-state index is 0.145. The van der Waals surface area contributed by atoms with Crippen LogP contribution in [0.4, 0.5) is 0 Å². The SMILES string of the molecule is CC(C)(C)[Si](C)(C)OC1CCC=CC1=O. The lowest BCUT2D eigenvalue weighted by Gasteiger charge is -2.39. The van der Waals surface area contributed by atoms with Crippen LogP contribution >= 0.6 is 0 Å². The van der Waals surface area contributed by atoms with E-state index >= 15 is 0 Å². The summed E-state index contributed by atoms with van der Waals surface area (Å²) >= 11 is 0. The summed E-state index contributed by atoms with van der Waals surface area (Å²) in [5, 5.41) is 0.175. The van der Waals surface area contributed by atoms with Crippen LogP contribution in [0.3, 0.4) is 0 Å². The van der Waals surface area contributed by atoms with E-state index in [2.05, 4.69) is 33.9 Å². The molecule has 1 atom stereocenters. The van der Waals surface area contributed by atoms with E-state index < -0.39 is 8.32 Å². The van der Waals surface area contributed by atoms with Gasteiger partial charge in [-0.2, -0.15) is 0 Å². The van der Waals surface area contributed by atoms with Gasteiger partial charge in [-0.25, -0.2) is 0 Å². The van der Waals surface area contributed by atoms with E-state index in [1.807, 2.05) is 6.08 Å². The second-order valence-electron chi connectivity index (χ2n) is 5.75. The van der Waals surface area contributed by atoms with Crippen molar-refractivity contribution in [2.75, 3.05) is 0 Å². The molecule has 0 aromatic carbocycles. The molecule has 1 unspecified atom stereocenters. The summed E-state index contributed by atoms with van der Waals surface area (Å²) in [4.78, 5) is 11.6. The first-order chi connectivity index (χ1) is 6.74. The average Bonchev–Trinajstić information content (AvgIpc) is 2.06. The van der Waals surface area contributed by atoms with Crippen LogP contribution < -0.4 is 0 Å². The molecule has 2 nitrogen and oxygen atoms in total. The molecule has 0 aromatic heterocycles. The van der Waals surface area contributed by atoms with Crippen molar-refractivity contribution in [3.05, 3.63) is 12.2 Å². The van der Waals surface area contributed by atoms with Gasteiger partial charge < -0.3 is 4.43 Å². The van der Waals surface area contributed by atoms with Crippen molar-refractivity contribution in [3.63, 3.8) is 0 Å². The van der Waals surface area contributed by atoms with Gasteiger partial charge in [0.1, 0.15) is 6.10 Å². The van der Waals surface area contributed by atoms with E-state index in [4.69, 9.17) is 4.43 Å². The van der Waals surface area contributed by atoms with Gasteiger partial charge in [-0.05, 0) is 37.0 Å². The Morgan fingerprint density at radius 3 is 2.47 bits per heavy atom. The van der Waals surface area contributed by atoms with Crippen LogP contribution in [0.2, 0.25) is 18.1 Å². The molecule has 0 fully saturated rings. The minimum Gasteiger partial charge on any atom is -0.407 e. The normalized spacial score (nSPS) is 23.3. The van der Waals surface area contributed by atoms with Crippen LogP contribution in [0.1, 0.15) is 33.6 Å². The van der Waals surface area contributed by atoms with E-state index in [9.17, 15) is 4.79 Å². The summed E-state index contributed by atoms with van der Waals surface area (Å²) in [5.41, 5.74) is 0. The average molecular weight is 226 g/mol. The predicted octanol–water partition coefficient (Wildman–Crippen LogP) is 3.30.